The van der Waals surface area contributed by atoms with Gasteiger partial charge in [-0.3, -0.25) is 0 Å². The minimum absolute atomic E-state index is 0. The first-order chi connectivity index (χ1) is 9.41. The Labute approximate surface area is 173 Å². The van der Waals surface area contributed by atoms with Crippen LogP contribution in [0.1, 0.15) is 84.5 Å². The summed E-state index contributed by atoms with van der Waals surface area (Å²) >= 11 is 0. The second kappa shape index (κ2) is 15.1. The van der Waals surface area contributed by atoms with Crippen molar-refractivity contribution in [3.8, 4) is 0 Å². The third-order valence-corrected chi connectivity index (χ3v) is 5.28. The minimum Gasteiger partial charge on any atom is -0.748 e. The second-order valence-electron chi connectivity index (χ2n) is 5.64. The van der Waals surface area contributed by atoms with E-state index in [1.807, 2.05) is 6.92 Å². The molecule has 0 aliphatic carbocycles. The van der Waals surface area contributed by atoms with Gasteiger partial charge in [-0.25, -0.2) is 8.42 Å². The van der Waals surface area contributed by atoms with Crippen molar-refractivity contribution in [3.63, 3.8) is 0 Å². The Morgan fingerprint density at radius 1 is 0.857 bits per heavy atom. The molecule has 0 saturated heterocycles. The van der Waals surface area contributed by atoms with Crippen LogP contribution in [0.2, 0.25) is 0 Å². The summed E-state index contributed by atoms with van der Waals surface area (Å²) in [7, 11) is -4.10. The fraction of sp³-hybridized carbons (Fsp3) is 1.00. The van der Waals surface area contributed by atoms with E-state index in [1.165, 1.54) is 6.42 Å². The summed E-state index contributed by atoms with van der Waals surface area (Å²) < 4.78 is 32.7. The van der Waals surface area contributed by atoms with Crippen LogP contribution in [0.5, 0.6) is 0 Å². The third-order valence-electron chi connectivity index (χ3n) is 3.90. The van der Waals surface area contributed by atoms with Crippen LogP contribution in [-0.2, 0) is 10.1 Å². The third kappa shape index (κ3) is 14.8. The SMILES string of the molecule is CCC(O)CCCCCCCCCC(CC)S(=O)(=O)[O-].[K+]. The van der Waals surface area contributed by atoms with Gasteiger partial charge in [0, 0.05) is 5.25 Å². The van der Waals surface area contributed by atoms with Crippen LogP contribution in [0.4, 0.5) is 0 Å². The molecule has 0 spiro atoms. The Morgan fingerprint density at radius 2 is 1.29 bits per heavy atom. The van der Waals surface area contributed by atoms with E-state index in [2.05, 4.69) is 0 Å². The molecule has 21 heavy (non-hydrogen) atoms. The van der Waals surface area contributed by atoms with E-state index in [4.69, 9.17) is 0 Å². The van der Waals surface area contributed by atoms with Gasteiger partial charge < -0.3 is 9.66 Å². The Morgan fingerprint density at radius 3 is 1.67 bits per heavy atom. The fourth-order valence-electron chi connectivity index (χ4n) is 2.39. The average Bonchev–Trinajstić information content (AvgIpc) is 2.39. The molecule has 0 heterocycles. The van der Waals surface area contributed by atoms with Crippen LogP contribution in [0.25, 0.3) is 0 Å². The summed E-state index contributed by atoms with van der Waals surface area (Å²) in [6, 6.07) is 0. The molecule has 6 heteroatoms. The van der Waals surface area contributed by atoms with Crippen LogP contribution < -0.4 is 51.4 Å². The Kier molecular flexibility index (Phi) is 17.8. The monoisotopic (exact) mass is 346 g/mol. The van der Waals surface area contributed by atoms with Crippen molar-refractivity contribution in [1.82, 2.24) is 0 Å². The molecule has 0 aromatic heterocycles. The smallest absolute Gasteiger partial charge is 0.748 e. The van der Waals surface area contributed by atoms with Gasteiger partial charge in [0.15, 0.2) is 0 Å². The molecular weight excluding hydrogens is 315 g/mol. The van der Waals surface area contributed by atoms with Crippen molar-refractivity contribution < 1.29 is 69.5 Å². The molecule has 0 saturated carbocycles. The fourth-order valence-corrected chi connectivity index (χ4v) is 3.26. The number of unbranched alkanes of at least 4 members (excludes halogenated alkanes) is 6. The molecule has 4 nitrogen and oxygen atoms in total. The van der Waals surface area contributed by atoms with E-state index >= 15 is 0 Å². The molecule has 0 aliphatic heterocycles. The van der Waals surface area contributed by atoms with E-state index in [-0.39, 0.29) is 57.5 Å². The Balaban J connectivity index is 0. The van der Waals surface area contributed by atoms with Crippen molar-refractivity contribution in [2.24, 2.45) is 0 Å². The van der Waals surface area contributed by atoms with E-state index in [0.29, 0.717) is 12.8 Å². The summed E-state index contributed by atoms with van der Waals surface area (Å²) in [6.45, 7) is 3.75. The van der Waals surface area contributed by atoms with E-state index in [0.717, 1.165) is 51.4 Å². The molecular formula is C15H31KO4S. The van der Waals surface area contributed by atoms with Gasteiger partial charge in [0.05, 0.1) is 16.2 Å². The maximum Gasteiger partial charge on any atom is 1.00 e. The first-order valence-corrected chi connectivity index (χ1v) is 9.51. The van der Waals surface area contributed by atoms with Crippen molar-refractivity contribution in [1.29, 1.82) is 0 Å². The first kappa shape index (κ1) is 24.8. The molecule has 0 radical (unpaired) electrons. The number of aliphatic hydroxyl groups excluding tert-OH is 1. The van der Waals surface area contributed by atoms with Gasteiger partial charge in [-0.05, 0) is 25.7 Å². The average molecular weight is 347 g/mol. The van der Waals surface area contributed by atoms with Gasteiger partial charge in [0.25, 0.3) is 0 Å². The van der Waals surface area contributed by atoms with Crippen LogP contribution in [0.15, 0.2) is 0 Å². The maximum atomic E-state index is 10.9. The van der Waals surface area contributed by atoms with Gasteiger partial charge >= 0.3 is 51.4 Å². The zero-order valence-corrected chi connectivity index (χ0v) is 18.0. The topological polar surface area (TPSA) is 77.4 Å². The van der Waals surface area contributed by atoms with Gasteiger partial charge in [0.1, 0.15) is 0 Å². The summed E-state index contributed by atoms with van der Waals surface area (Å²) in [4.78, 5) is 0. The Bertz CT molecular complexity index is 320. The molecule has 2 unspecified atom stereocenters. The molecule has 0 bridgehead atoms. The minimum atomic E-state index is -4.10. The molecule has 0 aliphatic rings. The summed E-state index contributed by atoms with van der Waals surface area (Å²) in [5.41, 5.74) is 0. The van der Waals surface area contributed by atoms with Crippen LogP contribution >= 0.6 is 0 Å². The predicted octanol–water partition coefficient (Wildman–Crippen LogP) is 0.596. The van der Waals surface area contributed by atoms with E-state index < -0.39 is 15.4 Å². The van der Waals surface area contributed by atoms with Gasteiger partial charge in [-0.2, -0.15) is 0 Å². The van der Waals surface area contributed by atoms with E-state index in [9.17, 15) is 18.1 Å². The molecule has 0 aromatic carbocycles. The van der Waals surface area contributed by atoms with E-state index in [1.54, 1.807) is 6.92 Å². The Hall–Kier alpha value is 1.51. The van der Waals surface area contributed by atoms with Crippen LogP contribution in [0.3, 0.4) is 0 Å². The first-order valence-electron chi connectivity index (χ1n) is 8.04. The predicted molar refractivity (Wildman–Crippen MR) is 81.6 cm³/mol. The van der Waals surface area contributed by atoms with Gasteiger partial charge in [0.2, 0.25) is 0 Å². The number of hydrogen-bond acceptors (Lipinski definition) is 4. The normalized spacial score (nSPS) is 14.5. The molecule has 1 N–H and O–H groups in total. The van der Waals surface area contributed by atoms with Crippen molar-refractivity contribution in [3.05, 3.63) is 0 Å². The summed E-state index contributed by atoms with van der Waals surface area (Å²) in [5.74, 6) is 0. The van der Waals surface area contributed by atoms with Crippen LogP contribution in [-0.4, -0.2) is 29.4 Å². The zero-order chi connectivity index (χ0) is 15.4. The zero-order valence-electron chi connectivity index (χ0n) is 14.0. The number of hydrogen-bond donors (Lipinski definition) is 1. The maximum absolute atomic E-state index is 10.9. The molecule has 0 aromatic rings. The second-order valence-corrected chi connectivity index (χ2v) is 7.29. The molecule has 2 atom stereocenters. The number of rotatable bonds is 13. The van der Waals surface area contributed by atoms with Crippen molar-refractivity contribution in [2.45, 2.75) is 95.8 Å². The quantitative estimate of drug-likeness (QED) is 0.301. The largest absolute Gasteiger partial charge is 1.00 e. The number of aliphatic hydroxyl groups is 1. The summed E-state index contributed by atoms with van der Waals surface area (Å²) in [5, 5.41) is 8.70. The molecule has 0 fully saturated rings. The molecule has 122 valence electrons. The van der Waals surface area contributed by atoms with Gasteiger partial charge in [-0.15, -0.1) is 0 Å². The van der Waals surface area contributed by atoms with Crippen molar-refractivity contribution in [2.75, 3.05) is 0 Å². The molecule has 0 rings (SSSR count). The van der Waals surface area contributed by atoms with Crippen molar-refractivity contribution >= 4 is 10.1 Å². The standard InChI is InChI=1S/C15H32O4S.K/c1-3-14(16)12-10-8-6-5-7-9-11-13-15(4-2)20(17,18)19;/h14-16H,3-13H2,1-2H3,(H,17,18,19);/q;+1/p-1. The molecule has 0 amide bonds. The summed E-state index contributed by atoms with van der Waals surface area (Å²) in [6.07, 6.45) is 10.0. The van der Waals surface area contributed by atoms with Gasteiger partial charge in [-0.1, -0.05) is 58.8 Å². The van der Waals surface area contributed by atoms with Crippen LogP contribution in [0, 0.1) is 0 Å².